The van der Waals surface area contributed by atoms with Crippen LogP contribution in [0.5, 0.6) is 0 Å². The molecule has 0 aromatic heterocycles. The number of nitrogens with zero attached hydrogens (tertiary/aromatic N) is 2. The van der Waals surface area contributed by atoms with Gasteiger partial charge >= 0.3 is 0 Å². The molecule has 1 heterocycles. The number of hydrogen-bond acceptors (Lipinski definition) is 3. The second-order valence-corrected chi connectivity index (χ2v) is 6.54. The molecule has 2 rings (SSSR count). The van der Waals surface area contributed by atoms with Gasteiger partial charge in [0.2, 0.25) is 0 Å². The molecular weight excluding hydrogens is 288 g/mol. The SMILES string of the molecule is CC(CCS)CCN1CCN(c2ccccc2Cl)CC1. The lowest BCUT2D eigenvalue weighted by Crippen LogP contribution is -2.46. The Bertz CT molecular complexity index is 405. The van der Waals surface area contributed by atoms with Crippen molar-refractivity contribution >= 4 is 29.9 Å². The number of para-hydroxylation sites is 1. The molecule has 0 saturated carbocycles. The van der Waals surface area contributed by atoms with Crippen LogP contribution < -0.4 is 4.90 Å². The van der Waals surface area contributed by atoms with Gasteiger partial charge in [-0.15, -0.1) is 0 Å². The average molecular weight is 313 g/mol. The molecule has 112 valence electrons. The van der Waals surface area contributed by atoms with Gasteiger partial charge < -0.3 is 4.90 Å². The molecule has 0 bridgehead atoms. The fourth-order valence-corrected chi connectivity index (χ4v) is 3.38. The van der Waals surface area contributed by atoms with Crippen molar-refractivity contribution in [3.63, 3.8) is 0 Å². The number of benzene rings is 1. The number of hydrogen-bond donors (Lipinski definition) is 1. The van der Waals surface area contributed by atoms with E-state index in [2.05, 4.69) is 41.5 Å². The zero-order chi connectivity index (χ0) is 14.4. The Hall–Kier alpha value is -0.380. The molecule has 20 heavy (non-hydrogen) atoms. The fourth-order valence-electron chi connectivity index (χ4n) is 2.69. The van der Waals surface area contributed by atoms with E-state index in [-0.39, 0.29) is 0 Å². The summed E-state index contributed by atoms with van der Waals surface area (Å²) >= 11 is 10.6. The van der Waals surface area contributed by atoms with Crippen LogP contribution in [0, 0.1) is 5.92 Å². The van der Waals surface area contributed by atoms with Gasteiger partial charge in [-0.2, -0.15) is 12.6 Å². The van der Waals surface area contributed by atoms with Crippen molar-refractivity contribution in [1.29, 1.82) is 0 Å². The van der Waals surface area contributed by atoms with Gasteiger partial charge in [-0.05, 0) is 43.2 Å². The van der Waals surface area contributed by atoms with Crippen molar-refractivity contribution in [3.05, 3.63) is 29.3 Å². The molecule has 1 unspecified atom stereocenters. The van der Waals surface area contributed by atoms with Gasteiger partial charge in [-0.25, -0.2) is 0 Å². The summed E-state index contributed by atoms with van der Waals surface area (Å²) in [5.74, 6) is 1.79. The van der Waals surface area contributed by atoms with E-state index < -0.39 is 0 Å². The van der Waals surface area contributed by atoms with Crippen molar-refractivity contribution in [3.8, 4) is 0 Å². The first-order chi connectivity index (χ1) is 9.70. The summed E-state index contributed by atoms with van der Waals surface area (Å²) in [5.41, 5.74) is 1.18. The van der Waals surface area contributed by atoms with Gasteiger partial charge in [0.05, 0.1) is 10.7 Å². The van der Waals surface area contributed by atoms with E-state index in [0.29, 0.717) is 0 Å². The van der Waals surface area contributed by atoms with Crippen LogP contribution >= 0.6 is 24.2 Å². The first-order valence-electron chi connectivity index (χ1n) is 7.53. The lowest BCUT2D eigenvalue weighted by atomic mass is 10.0. The van der Waals surface area contributed by atoms with Crippen LogP contribution in [-0.4, -0.2) is 43.4 Å². The molecule has 1 aromatic carbocycles. The summed E-state index contributed by atoms with van der Waals surface area (Å²) in [7, 11) is 0. The molecule has 1 fully saturated rings. The molecule has 0 spiro atoms. The molecule has 1 aromatic rings. The van der Waals surface area contributed by atoms with Crippen LogP contribution in [0.3, 0.4) is 0 Å². The Morgan fingerprint density at radius 1 is 1.15 bits per heavy atom. The van der Waals surface area contributed by atoms with E-state index in [1.54, 1.807) is 0 Å². The minimum atomic E-state index is 0.786. The fraction of sp³-hybridized carbons (Fsp3) is 0.625. The number of thiol groups is 1. The van der Waals surface area contributed by atoms with Crippen molar-refractivity contribution in [1.82, 2.24) is 4.90 Å². The van der Waals surface area contributed by atoms with Crippen molar-refractivity contribution in [2.75, 3.05) is 43.4 Å². The number of anilines is 1. The van der Waals surface area contributed by atoms with Gasteiger partial charge in [0.15, 0.2) is 0 Å². The number of piperazine rings is 1. The second kappa shape index (κ2) is 8.16. The van der Waals surface area contributed by atoms with E-state index in [0.717, 1.165) is 42.9 Å². The first kappa shape index (κ1) is 16.0. The van der Waals surface area contributed by atoms with Crippen LogP contribution in [0.4, 0.5) is 5.69 Å². The molecule has 1 atom stereocenters. The lowest BCUT2D eigenvalue weighted by molar-refractivity contribution is 0.240. The van der Waals surface area contributed by atoms with Gasteiger partial charge in [-0.1, -0.05) is 30.7 Å². The van der Waals surface area contributed by atoms with Crippen molar-refractivity contribution < 1.29 is 0 Å². The lowest BCUT2D eigenvalue weighted by Gasteiger charge is -2.36. The van der Waals surface area contributed by atoms with E-state index in [1.807, 2.05) is 12.1 Å². The van der Waals surface area contributed by atoms with E-state index in [1.165, 1.54) is 25.1 Å². The highest BCUT2D eigenvalue weighted by atomic mass is 35.5. The van der Waals surface area contributed by atoms with Crippen molar-refractivity contribution in [2.45, 2.75) is 19.8 Å². The van der Waals surface area contributed by atoms with Crippen LogP contribution in [0.15, 0.2) is 24.3 Å². The van der Waals surface area contributed by atoms with Gasteiger partial charge in [0.1, 0.15) is 0 Å². The molecule has 1 saturated heterocycles. The Kier molecular flexibility index (Phi) is 6.53. The second-order valence-electron chi connectivity index (χ2n) is 5.69. The molecule has 1 aliphatic heterocycles. The minimum Gasteiger partial charge on any atom is -0.368 e. The summed E-state index contributed by atoms with van der Waals surface area (Å²) in [6.07, 6.45) is 2.51. The van der Waals surface area contributed by atoms with E-state index in [4.69, 9.17) is 11.6 Å². The monoisotopic (exact) mass is 312 g/mol. The Morgan fingerprint density at radius 3 is 2.50 bits per heavy atom. The summed E-state index contributed by atoms with van der Waals surface area (Å²) < 4.78 is 0. The Morgan fingerprint density at radius 2 is 1.85 bits per heavy atom. The highest BCUT2D eigenvalue weighted by molar-refractivity contribution is 7.80. The Balaban J connectivity index is 1.77. The molecule has 1 aliphatic rings. The quantitative estimate of drug-likeness (QED) is 0.798. The topological polar surface area (TPSA) is 6.48 Å². The van der Waals surface area contributed by atoms with Crippen LogP contribution in [0.2, 0.25) is 5.02 Å². The molecule has 0 aliphatic carbocycles. The predicted molar refractivity (Wildman–Crippen MR) is 92.4 cm³/mol. The normalized spacial score (nSPS) is 18.2. The van der Waals surface area contributed by atoms with Crippen molar-refractivity contribution in [2.24, 2.45) is 5.92 Å². The summed E-state index contributed by atoms with van der Waals surface area (Å²) in [5, 5.41) is 0.864. The predicted octanol–water partition coefficient (Wildman–Crippen LogP) is 3.81. The molecule has 2 nitrogen and oxygen atoms in total. The smallest absolute Gasteiger partial charge is 0.0639 e. The summed E-state index contributed by atoms with van der Waals surface area (Å²) in [6.45, 7) is 7.97. The molecule has 0 amide bonds. The Labute approximate surface area is 133 Å². The van der Waals surface area contributed by atoms with Gasteiger partial charge in [0.25, 0.3) is 0 Å². The van der Waals surface area contributed by atoms with Crippen LogP contribution in [-0.2, 0) is 0 Å². The minimum absolute atomic E-state index is 0.786. The molecule has 0 N–H and O–H groups in total. The van der Waals surface area contributed by atoms with Crippen LogP contribution in [0.1, 0.15) is 19.8 Å². The van der Waals surface area contributed by atoms with Gasteiger partial charge in [0, 0.05) is 26.2 Å². The molecule has 4 heteroatoms. The standard InChI is InChI=1S/C16H25ClN2S/c1-14(7-13-20)6-8-18-9-11-19(12-10-18)16-5-3-2-4-15(16)17/h2-5,14,20H,6-13H2,1H3. The molecule has 0 radical (unpaired) electrons. The largest absolute Gasteiger partial charge is 0.368 e. The van der Waals surface area contributed by atoms with Gasteiger partial charge in [-0.3, -0.25) is 4.90 Å². The maximum absolute atomic E-state index is 6.27. The molecular formula is C16H25ClN2S. The number of rotatable bonds is 6. The average Bonchev–Trinajstić information content (AvgIpc) is 2.47. The third-order valence-electron chi connectivity index (χ3n) is 4.13. The zero-order valence-electron chi connectivity index (χ0n) is 12.3. The maximum Gasteiger partial charge on any atom is 0.0639 e. The van der Waals surface area contributed by atoms with Crippen LogP contribution in [0.25, 0.3) is 0 Å². The first-order valence-corrected chi connectivity index (χ1v) is 8.54. The summed E-state index contributed by atoms with van der Waals surface area (Å²) in [6, 6.07) is 8.15. The highest BCUT2D eigenvalue weighted by Gasteiger charge is 2.18. The third-order valence-corrected chi connectivity index (χ3v) is 4.70. The van der Waals surface area contributed by atoms with E-state index >= 15 is 0 Å². The summed E-state index contributed by atoms with van der Waals surface area (Å²) in [4.78, 5) is 4.97. The third kappa shape index (κ3) is 4.57. The number of halogens is 1. The van der Waals surface area contributed by atoms with E-state index in [9.17, 15) is 0 Å². The zero-order valence-corrected chi connectivity index (χ0v) is 13.9. The highest BCUT2D eigenvalue weighted by Crippen LogP contribution is 2.26. The maximum atomic E-state index is 6.27.